The zero-order chi connectivity index (χ0) is 23.3. The Balaban J connectivity index is 2.03. The van der Waals surface area contributed by atoms with E-state index in [0.717, 1.165) is 18.2 Å². The summed E-state index contributed by atoms with van der Waals surface area (Å²) in [5, 5.41) is 0.921. The molecule has 0 aliphatic carbocycles. The van der Waals surface area contributed by atoms with E-state index in [-0.39, 0.29) is 38.8 Å². The van der Waals surface area contributed by atoms with Crippen LogP contribution in [0.1, 0.15) is 0 Å². The highest BCUT2D eigenvalue weighted by Gasteiger charge is 2.24. The number of halogens is 5. The van der Waals surface area contributed by atoms with Crippen molar-refractivity contribution in [3.63, 3.8) is 0 Å². The number of fused-ring (bicyclic) bond motifs is 2. The third-order valence-corrected chi connectivity index (χ3v) is 5.70. The number of ether oxygens (including phenoxy) is 1. The van der Waals surface area contributed by atoms with E-state index in [1.807, 2.05) is 0 Å². The lowest BCUT2D eigenvalue weighted by molar-refractivity contribution is 0.407. The van der Waals surface area contributed by atoms with Crippen LogP contribution < -0.4 is 4.74 Å². The minimum Gasteiger partial charge on any atom is -0.497 e. The van der Waals surface area contributed by atoms with Crippen molar-refractivity contribution < 1.29 is 26.7 Å². The smallest absolute Gasteiger partial charge is 0.137 e. The largest absolute Gasteiger partial charge is 0.497 e. The van der Waals surface area contributed by atoms with Crippen molar-refractivity contribution in [1.82, 2.24) is 0 Å². The summed E-state index contributed by atoms with van der Waals surface area (Å²) in [6, 6.07) is 15.8. The normalized spacial score (nSPS) is 11.3. The molecule has 5 aromatic carbocycles. The Morgan fingerprint density at radius 2 is 1.18 bits per heavy atom. The van der Waals surface area contributed by atoms with E-state index < -0.39 is 29.1 Å². The first kappa shape index (κ1) is 20.9. The SMILES string of the molecule is COc1cc(F)c(-c2c3ccccc3c(-c3ccc(F)cc3F)c3c(F)cccc23)c(F)c1. The van der Waals surface area contributed by atoms with E-state index in [1.165, 1.54) is 31.4 Å². The van der Waals surface area contributed by atoms with Gasteiger partial charge in [-0.1, -0.05) is 36.4 Å². The molecule has 0 N–H and O–H groups in total. The summed E-state index contributed by atoms with van der Waals surface area (Å²) in [5.41, 5.74) is -0.0723. The molecule has 0 aromatic heterocycles. The Hall–Kier alpha value is -3.93. The van der Waals surface area contributed by atoms with Crippen LogP contribution in [0.25, 0.3) is 43.8 Å². The molecular weight excluding hydrogens is 435 g/mol. The predicted molar refractivity (Wildman–Crippen MR) is 119 cm³/mol. The molecule has 0 spiro atoms. The standard InChI is InChI=1S/C27H15F5O/c1-33-15-12-22(31)27(23(32)13-15)25-17-6-3-2-5-16(17)24(18-10-9-14(28)11-21(18)30)26-19(25)7-4-8-20(26)29/h2-13H,1H3. The molecule has 0 radical (unpaired) electrons. The maximum Gasteiger partial charge on any atom is 0.137 e. The Morgan fingerprint density at radius 1 is 0.545 bits per heavy atom. The maximum atomic E-state index is 15.3. The summed E-state index contributed by atoms with van der Waals surface area (Å²) in [7, 11) is 1.29. The summed E-state index contributed by atoms with van der Waals surface area (Å²) < 4.78 is 79.0. The number of hydrogen-bond acceptors (Lipinski definition) is 1. The van der Waals surface area contributed by atoms with Crippen LogP contribution in [0, 0.1) is 29.1 Å². The Kier molecular flexibility index (Phi) is 5.01. The van der Waals surface area contributed by atoms with Crippen molar-refractivity contribution >= 4 is 21.5 Å². The van der Waals surface area contributed by atoms with Crippen LogP contribution in [0.5, 0.6) is 5.75 Å². The zero-order valence-electron chi connectivity index (χ0n) is 17.2. The molecule has 33 heavy (non-hydrogen) atoms. The lowest BCUT2D eigenvalue weighted by Gasteiger charge is -2.19. The van der Waals surface area contributed by atoms with Crippen molar-refractivity contribution in [3.8, 4) is 28.0 Å². The Morgan fingerprint density at radius 3 is 1.82 bits per heavy atom. The van der Waals surface area contributed by atoms with Crippen LogP contribution in [0.3, 0.4) is 0 Å². The van der Waals surface area contributed by atoms with Crippen molar-refractivity contribution in [2.75, 3.05) is 7.11 Å². The van der Waals surface area contributed by atoms with E-state index in [1.54, 1.807) is 24.3 Å². The molecule has 164 valence electrons. The second kappa shape index (κ2) is 7.89. The van der Waals surface area contributed by atoms with Crippen molar-refractivity contribution in [2.24, 2.45) is 0 Å². The molecule has 1 nitrogen and oxygen atoms in total. The molecule has 0 heterocycles. The maximum absolute atomic E-state index is 15.3. The van der Waals surface area contributed by atoms with Gasteiger partial charge in [-0.25, -0.2) is 22.0 Å². The van der Waals surface area contributed by atoms with Gasteiger partial charge in [0, 0.05) is 40.3 Å². The van der Waals surface area contributed by atoms with Crippen LogP contribution >= 0.6 is 0 Å². The van der Waals surface area contributed by atoms with Gasteiger partial charge in [0.15, 0.2) is 0 Å². The lowest BCUT2D eigenvalue weighted by Crippen LogP contribution is -1.98. The number of rotatable bonds is 3. The second-order valence-electron chi connectivity index (χ2n) is 7.55. The van der Waals surface area contributed by atoms with Gasteiger partial charge in [-0.3, -0.25) is 0 Å². The molecule has 0 bridgehead atoms. The summed E-state index contributed by atoms with van der Waals surface area (Å²) in [6.45, 7) is 0. The average molecular weight is 450 g/mol. The molecule has 0 saturated heterocycles. The average Bonchev–Trinajstić information content (AvgIpc) is 2.79. The van der Waals surface area contributed by atoms with Gasteiger partial charge in [0.1, 0.15) is 34.8 Å². The molecule has 0 fully saturated rings. The summed E-state index contributed by atoms with van der Waals surface area (Å²) in [6.07, 6.45) is 0. The molecule has 0 unspecified atom stereocenters. The summed E-state index contributed by atoms with van der Waals surface area (Å²) in [5.74, 6) is -4.12. The second-order valence-corrected chi connectivity index (χ2v) is 7.55. The van der Waals surface area contributed by atoms with Gasteiger partial charge >= 0.3 is 0 Å². The van der Waals surface area contributed by atoms with E-state index in [0.29, 0.717) is 16.8 Å². The van der Waals surface area contributed by atoms with Crippen LogP contribution in [0.4, 0.5) is 22.0 Å². The Labute approximate surface area is 185 Å². The van der Waals surface area contributed by atoms with Gasteiger partial charge in [-0.2, -0.15) is 0 Å². The highest BCUT2D eigenvalue weighted by atomic mass is 19.1. The molecule has 0 aliphatic rings. The lowest BCUT2D eigenvalue weighted by atomic mass is 9.85. The minimum atomic E-state index is -0.886. The van der Waals surface area contributed by atoms with Gasteiger partial charge < -0.3 is 4.74 Å². The molecule has 5 aromatic rings. The number of hydrogen-bond donors (Lipinski definition) is 0. The van der Waals surface area contributed by atoms with Gasteiger partial charge in [0.05, 0.1) is 12.7 Å². The van der Waals surface area contributed by atoms with Crippen molar-refractivity contribution in [1.29, 1.82) is 0 Å². The molecule has 5 rings (SSSR count). The number of methoxy groups -OCH3 is 1. The monoisotopic (exact) mass is 450 g/mol. The third kappa shape index (κ3) is 3.30. The van der Waals surface area contributed by atoms with Gasteiger partial charge in [-0.05, 0) is 34.4 Å². The Bertz CT molecular complexity index is 1540. The highest BCUT2D eigenvalue weighted by molar-refractivity contribution is 6.21. The molecule has 0 saturated carbocycles. The fourth-order valence-electron chi connectivity index (χ4n) is 4.33. The van der Waals surface area contributed by atoms with Crippen LogP contribution in [-0.2, 0) is 0 Å². The summed E-state index contributed by atoms with van der Waals surface area (Å²) >= 11 is 0. The van der Waals surface area contributed by atoms with Crippen molar-refractivity contribution in [3.05, 3.63) is 102 Å². The van der Waals surface area contributed by atoms with Gasteiger partial charge in [0.2, 0.25) is 0 Å². The van der Waals surface area contributed by atoms with E-state index >= 15 is 13.2 Å². The van der Waals surface area contributed by atoms with Crippen LogP contribution in [0.2, 0.25) is 0 Å². The minimum absolute atomic E-state index is 0.00135. The fraction of sp³-hybridized carbons (Fsp3) is 0.0370. The van der Waals surface area contributed by atoms with Crippen molar-refractivity contribution in [2.45, 2.75) is 0 Å². The quantitative estimate of drug-likeness (QED) is 0.200. The van der Waals surface area contributed by atoms with E-state index in [2.05, 4.69) is 0 Å². The zero-order valence-corrected chi connectivity index (χ0v) is 17.2. The predicted octanol–water partition coefficient (Wildman–Crippen LogP) is 8.03. The van der Waals surface area contributed by atoms with Gasteiger partial charge in [-0.15, -0.1) is 0 Å². The first-order valence-corrected chi connectivity index (χ1v) is 10.0. The first-order chi connectivity index (χ1) is 15.9. The molecule has 6 heteroatoms. The molecule has 0 aliphatic heterocycles. The fourth-order valence-corrected chi connectivity index (χ4v) is 4.33. The molecule has 0 atom stereocenters. The first-order valence-electron chi connectivity index (χ1n) is 10.0. The van der Waals surface area contributed by atoms with Gasteiger partial charge in [0.25, 0.3) is 0 Å². The number of benzene rings is 5. The topological polar surface area (TPSA) is 9.23 Å². The highest BCUT2D eigenvalue weighted by Crippen LogP contribution is 2.46. The van der Waals surface area contributed by atoms with Crippen LogP contribution in [-0.4, -0.2) is 7.11 Å². The summed E-state index contributed by atoms with van der Waals surface area (Å²) in [4.78, 5) is 0. The third-order valence-electron chi connectivity index (χ3n) is 5.70. The van der Waals surface area contributed by atoms with E-state index in [4.69, 9.17) is 4.74 Å². The van der Waals surface area contributed by atoms with Crippen LogP contribution in [0.15, 0.2) is 72.8 Å². The molecular formula is C27H15F5O. The van der Waals surface area contributed by atoms with E-state index in [9.17, 15) is 8.78 Å². The molecule has 0 amide bonds.